The quantitative estimate of drug-likeness (QED) is 0.0202. The summed E-state index contributed by atoms with van der Waals surface area (Å²) in [6, 6.07) is 5.16. The van der Waals surface area contributed by atoms with Crippen molar-refractivity contribution in [2.45, 2.75) is 107 Å². The average Bonchev–Trinajstić information content (AvgIpc) is 4.10. The van der Waals surface area contributed by atoms with Crippen LogP contribution in [-0.4, -0.2) is 153 Å². The van der Waals surface area contributed by atoms with Gasteiger partial charge >= 0.3 is 0 Å². The summed E-state index contributed by atoms with van der Waals surface area (Å²) in [4.78, 5) is 144. The number of hydrogen-bond acceptors (Lipinski definition) is 14. The maximum atomic E-state index is 14.6. The second kappa shape index (κ2) is 30.4. The Hall–Kier alpha value is -8.34. The molecule has 9 amide bonds. The fourth-order valence-electron chi connectivity index (χ4n) is 8.05. The molecule has 5 rings (SSSR count). The zero-order valence-electron chi connectivity index (χ0n) is 43.0. The lowest BCUT2D eigenvalue weighted by Crippen LogP contribution is -2.61. The number of aliphatic imine (C=N–C) groups is 2. The number of aromatic nitrogens is 3. The first-order chi connectivity index (χ1) is 37.3. The number of aromatic amines is 2. The van der Waals surface area contributed by atoms with E-state index in [1.165, 1.54) is 26.4 Å². The zero-order chi connectivity index (χ0) is 56.7. The predicted molar refractivity (Wildman–Crippen MR) is 295 cm³/mol. The molecule has 0 unspecified atom stereocenters. The van der Waals surface area contributed by atoms with Crippen molar-refractivity contribution in [3.8, 4) is 0 Å². The molecular formula is C49H68N18O9S2. The highest BCUT2D eigenvalue weighted by atomic mass is 33.1. The number of guanidine groups is 2. The highest BCUT2D eigenvalue weighted by molar-refractivity contribution is 8.76. The van der Waals surface area contributed by atoms with Crippen molar-refractivity contribution >= 4 is 97.6 Å². The van der Waals surface area contributed by atoms with Crippen molar-refractivity contribution in [2.75, 3.05) is 24.6 Å². The van der Waals surface area contributed by atoms with Gasteiger partial charge in [-0.1, -0.05) is 70.1 Å². The molecule has 2 aromatic heterocycles. The van der Waals surface area contributed by atoms with Crippen LogP contribution in [0.3, 0.4) is 0 Å². The molecule has 1 saturated heterocycles. The molecular weight excluding hydrogens is 1050 g/mol. The van der Waals surface area contributed by atoms with Crippen molar-refractivity contribution in [3.63, 3.8) is 0 Å². The van der Waals surface area contributed by atoms with Gasteiger partial charge in [0.25, 0.3) is 0 Å². The summed E-state index contributed by atoms with van der Waals surface area (Å²) in [5.74, 6) is -7.96. The molecule has 0 spiro atoms. The van der Waals surface area contributed by atoms with E-state index in [-0.39, 0.29) is 81.5 Å². The number of para-hydroxylation sites is 1. The van der Waals surface area contributed by atoms with Crippen molar-refractivity contribution < 1.29 is 43.2 Å². The number of fused-ring (bicyclic) bond motifs is 1. The summed E-state index contributed by atoms with van der Waals surface area (Å²) in [6.07, 6.45) is 4.53. The molecule has 0 aliphatic carbocycles. The minimum atomic E-state index is -1.40. The summed E-state index contributed by atoms with van der Waals surface area (Å²) in [5.41, 5.74) is 30.3. The molecule has 4 aromatic rings. The van der Waals surface area contributed by atoms with Crippen LogP contribution in [0, 0.1) is 0 Å². The van der Waals surface area contributed by atoms with Crippen LogP contribution in [-0.2, 0) is 62.4 Å². The molecule has 27 nitrogen and oxygen atoms in total. The Balaban J connectivity index is 1.55. The van der Waals surface area contributed by atoms with E-state index in [0.29, 0.717) is 16.8 Å². The molecule has 1 fully saturated rings. The zero-order valence-corrected chi connectivity index (χ0v) is 44.7. The van der Waals surface area contributed by atoms with Gasteiger partial charge < -0.3 is 81.2 Å². The molecule has 29 heteroatoms. The monoisotopic (exact) mass is 1120 g/mol. The van der Waals surface area contributed by atoms with E-state index in [2.05, 4.69) is 67.5 Å². The number of carbonyl (C=O) groups is 9. The van der Waals surface area contributed by atoms with Gasteiger partial charge in [0.2, 0.25) is 53.2 Å². The van der Waals surface area contributed by atoms with Crippen molar-refractivity contribution in [3.05, 3.63) is 90.1 Å². The number of amides is 9. The topological polar surface area (TPSA) is 449 Å². The van der Waals surface area contributed by atoms with E-state index >= 15 is 0 Å². The summed E-state index contributed by atoms with van der Waals surface area (Å²) in [7, 11) is 2.02. The molecule has 2 aromatic carbocycles. The summed E-state index contributed by atoms with van der Waals surface area (Å²) in [6.45, 7) is 2.74. The standard InChI is InChI=1S/C49H68N18O9S2/c1-26-41(70)63-37(20-30-22-55-25-59-30)46(75)64-35(18-28-10-4-3-5-11-28)44(73)62-34(15-9-17-57-49(53)54)43(72)65-36(19-29-21-58-32-13-7-6-12-31(29)32)45(74)66-38(40(50)69)23-77-78-24-39(47(76)60-26)67-42(71)33(61-27(2)68)14-8-16-56-48(51)52/h3-7,10-13,21-22,25-26,33-39,58H,8-9,14-20,23-24H2,1-2H3,(H2,50,69)(H,55,59)(H,60,76)(H,61,68)(H,62,73)(H,63,70)(H,64,75)(H,65,72)(H,66,74)(H,67,71)(H4,51,52,56)(H4,53,54,57)/t26-,33+,34+,35-,36-,37+,38+,39+/m1/s1. The third kappa shape index (κ3) is 19.7. The van der Waals surface area contributed by atoms with Crippen LogP contribution in [0.1, 0.15) is 56.4 Å². The predicted octanol–water partition coefficient (Wildman–Crippen LogP) is -3.18. The highest BCUT2D eigenvalue weighted by Crippen LogP contribution is 2.24. The molecule has 0 radical (unpaired) electrons. The van der Waals surface area contributed by atoms with E-state index in [1.54, 1.807) is 42.6 Å². The Morgan fingerprint density at radius 2 is 1.27 bits per heavy atom. The number of H-pyrrole nitrogens is 2. The lowest BCUT2D eigenvalue weighted by atomic mass is 10.0. The number of primary amides is 1. The Labute approximate surface area is 457 Å². The van der Waals surface area contributed by atoms with Gasteiger partial charge in [-0.05, 0) is 49.8 Å². The summed E-state index contributed by atoms with van der Waals surface area (Å²) >= 11 is 0. The third-order valence-corrected chi connectivity index (χ3v) is 14.5. The molecule has 78 heavy (non-hydrogen) atoms. The molecule has 3 heterocycles. The second-order valence-electron chi connectivity index (χ2n) is 18.3. The molecule has 1 aliphatic rings. The maximum Gasteiger partial charge on any atom is 0.244 e. The van der Waals surface area contributed by atoms with E-state index in [4.69, 9.17) is 28.7 Å². The number of nitrogens with two attached hydrogens (primary N) is 5. The number of hydrogen-bond donors (Lipinski definition) is 15. The first-order valence-corrected chi connectivity index (χ1v) is 27.4. The van der Waals surface area contributed by atoms with Gasteiger partial charge in [0.15, 0.2) is 11.9 Å². The number of imidazole rings is 1. The van der Waals surface area contributed by atoms with Crippen LogP contribution in [0.25, 0.3) is 10.9 Å². The molecule has 1 aliphatic heterocycles. The van der Waals surface area contributed by atoms with E-state index in [0.717, 1.165) is 32.5 Å². The van der Waals surface area contributed by atoms with Crippen molar-refractivity contribution in [1.82, 2.24) is 57.5 Å². The lowest BCUT2D eigenvalue weighted by Gasteiger charge is -2.27. The number of rotatable bonds is 18. The highest BCUT2D eigenvalue weighted by Gasteiger charge is 2.35. The van der Waals surface area contributed by atoms with E-state index in [9.17, 15) is 43.2 Å². The van der Waals surface area contributed by atoms with Crippen LogP contribution >= 0.6 is 21.6 Å². The van der Waals surface area contributed by atoms with Gasteiger partial charge in [-0.2, -0.15) is 0 Å². The van der Waals surface area contributed by atoms with E-state index < -0.39 is 101 Å². The Bertz CT molecular complexity index is 2770. The lowest BCUT2D eigenvalue weighted by molar-refractivity contribution is -0.135. The molecule has 20 N–H and O–H groups in total. The van der Waals surface area contributed by atoms with Crippen LogP contribution < -0.4 is 71.2 Å². The maximum absolute atomic E-state index is 14.6. The van der Waals surface area contributed by atoms with Gasteiger partial charge in [0.1, 0.15) is 48.3 Å². The van der Waals surface area contributed by atoms with Gasteiger partial charge in [0.05, 0.1) is 6.33 Å². The largest absolute Gasteiger partial charge is 0.370 e. The molecule has 420 valence electrons. The number of nitrogens with zero attached hydrogens (tertiary/aromatic N) is 3. The first-order valence-electron chi connectivity index (χ1n) is 24.9. The van der Waals surface area contributed by atoms with Crippen molar-refractivity contribution in [1.29, 1.82) is 0 Å². The first kappa shape index (κ1) is 60.5. The van der Waals surface area contributed by atoms with Gasteiger partial charge in [-0.25, -0.2) is 4.98 Å². The minimum absolute atomic E-state index is 0.0573. The van der Waals surface area contributed by atoms with Crippen molar-refractivity contribution in [2.24, 2.45) is 38.7 Å². The molecule has 0 bridgehead atoms. The third-order valence-electron chi connectivity index (χ3n) is 12.1. The number of carbonyl (C=O) groups excluding carboxylic acids is 9. The molecule has 8 atom stereocenters. The van der Waals surface area contributed by atoms with E-state index in [1.807, 2.05) is 18.2 Å². The van der Waals surface area contributed by atoms with Crippen LogP contribution in [0.4, 0.5) is 0 Å². The fraction of sp³-hybridized carbons (Fsp3) is 0.429. The SMILES string of the molecule is CC(=O)N[C@@H](CCCN=C(N)N)C(=O)N[C@H]1CSSC[C@@H](C(N)=O)NC(=O)[C@@H](Cc2c[nH]c3ccccc23)NC(=O)[C@H](CCCN=C(N)N)NC(=O)[C@@H](Cc2ccccc2)NC(=O)[C@H](Cc2cnc[nH]2)NC(=O)[C@@H](C)NC1=O. The second-order valence-corrected chi connectivity index (χ2v) is 20.8. The smallest absolute Gasteiger partial charge is 0.244 e. The van der Waals surface area contributed by atoms with Crippen LogP contribution in [0.2, 0.25) is 0 Å². The van der Waals surface area contributed by atoms with Gasteiger partial charge in [0, 0.05) is 79.8 Å². The van der Waals surface area contributed by atoms with Gasteiger partial charge in [-0.15, -0.1) is 0 Å². The summed E-state index contributed by atoms with van der Waals surface area (Å²) in [5, 5.41) is 22.1. The minimum Gasteiger partial charge on any atom is -0.370 e. The fourth-order valence-corrected chi connectivity index (χ4v) is 10.4. The number of benzene rings is 2. The summed E-state index contributed by atoms with van der Waals surface area (Å²) < 4.78 is 0. The van der Waals surface area contributed by atoms with Gasteiger partial charge in [-0.3, -0.25) is 53.1 Å². The van der Waals surface area contributed by atoms with Crippen LogP contribution in [0.5, 0.6) is 0 Å². The Morgan fingerprint density at radius 1 is 0.679 bits per heavy atom. The Morgan fingerprint density at radius 3 is 1.92 bits per heavy atom. The normalized spacial score (nSPS) is 21.7. The Kier molecular flexibility index (Phi) is 23.6. The number of nitrogens with one attached hydrogen (secondary N) is 10. The van der Waals surface area contributed by atoms with Crippen LogP contribution in [0.15, 0.2) is 83.3 Å². The average molecular weight is 1120 g/mol. The molecule has 0 saturated carbocycles.